The third-order valence-corrected chi connectivity index (χ3v) is 3.71. The Morgan fingerprint density at radius 2 is 1.91 bits per heavy atom. The van der Waals surface area contributed by atoms with Crippen LogP contribution in [0.2, 0.25) is 0 Å². The zero-order valence-corrected chi connectivity index (χ0v) is 15.0. The van der Waals surface area contributed by atoms with E-state index in [4.69, 9.17) is 9.47 Å². The number of amides is 1. The highest BCUT2D eigenvalue weighted by Crippen LogP contribution is 2.28. The monoisotopic (exact) mass is 323 g/mol. The van der Waals surface area contributed by atoms with Crippen LogP contribution in [-0.2, 0) is 11.3 Å². The molecule has 5 heteroatoms. The molecule has 0 aliphatic carbocycles. The summed E-state index contributed by atoms with van der Waals surface area (Å²) in [5.41, 5.74) is 0.606. The lowest BCUT2D eigenvalue weighted by Crippen LogP contribution is -2.45. The van der Waals surface area contributed by atoms with Gasteiger partial charge in [-0.05, 0) is 46.2 Å². The van der Waals surface area contributed by atoms with Crippen molar-refractivity contribution in [1.82, 2.24) is 4.90 Å². The van der Waals surface area contributed by atoms with E-state index in [0.717, 1.165) is 5.56 Å². The molecular formula is C18H29NO4. The number of aliphatic hydroxyl groups is 1. The number of nitrogens with zero attached hydrogens (tertiary/aromatic N) is 1. The van der Waals surface area contributed by atoms with E-state index in [1.165, 1.54) is 0 Å². The van der Waals surface area contributed by atoms with Crippen LogP contribution in [0.15, 0.2) is 18.2 Å². The number of carbonyl (C=O) groups is 1. The van der Waals surface area contributed by atoms with Crippen LogP contribution in [-0.4, -0.2) is 41.8 Å². The molecule has 130 valence electrons. The Hall–Kier alpha value is -1.75. The summed E-state index contributed by atoms with van der Waals surface area (Å²) in [5.74, 6) is 1.44. The van der Waals surface area contributed by atoms with E-state index in [1.807, 2.05) is 43.9 Å². The van der Waals surface area contributed by atoms with Crippen LogP contribution in [0.25, 0.3) is 0 Å². The van der Waals surface area contributed by atoms with Gasteiger partial charge in [0.2, 0.25) is 5.91 Å². The number of hydrogen-bond donors (Lipinski definition) is 1. The standard InChI is InChI=1S/C18H29NO4/c1-13(20)7-10-17(21)19(18(2,3)4)12-14-8-9-15(22-5)11-16(14)23-6/h8-9,11,13,20H,7,10,12H2,1-6H3/t13-/m0/s1. The maximum atomic E-state index is 12.6. The van der Waals surface area contributed by atoms with E-state index in [2.05, 4.69) is 0 Å². The molecule has 0 aliphatic heterocycles. The smallest absolute Gasteiger partial charge is 0.223 e. The molecule has 0 unspecified atom stereocenters. The Balaban J connectivity index is 3.00. The highest BCUT2D eigenvalue weighted by Gasteiger charge is 2.27. The molecule has 0 saturated heterocycles. The minimum absolute atomic E-state index is 0.0243. The predicted molar refractivity (Wildman–Crippen MR) is 90.8 cm³/mol. The van der Waals surface area contributed by atoms with E-state index in [9.17, 15) is 9.90 Å². The van der Waals surface area contributed by atoms with E-state index >= 15 is 0 Å². The van der Waals surface area contributed by atoms with Gasteiger partial charge in [-0.25, -0.2) is 0 Å². The van der Waals surface area contributed by atoms with Crippen molar-refractivity contribution in [3.05, 3.63) is 23.8 Å². The number of ether oxygens (including phenoxy) is 2. The first-order valence-electron chi connectivity index (χ1n) is 7.88. The van der Waals surface area contributed by atoms with Crippen molar-refractivity contribution in [3.8, 4) is 11.5 Å². The molecule has 1 aromatic rings. The van der Waals surface area contributed by atoms with Gasteiger partial charge in [0.25, 0.3) is 0 Å². The van der Waals surface area contributed by atoms with Crippen LogP contribution in [0, 0.1) is 0 Å². The van der Waals surface area contributed by atoms with Gasteiger partial charge in [-0.1, -0.05) is 0 Å². The quantitative estimate of drug-likeness (QED) is 0.838. The van der Waals surface area contributed by atoms with Crippen molar-refractivity contribution in [2.75, 3.05) is 14.2 Å². The zero-order valence-electron chi connectivity index (χ0n) is 15.0. The summed E-state index contributed by atoms with van der Waals surface area (Å²) in [5, 5.41) is 9.41. The highest BCUT2D eigenvalue weighted by molar-refractivity contribution is 5.77. The molecule has 1 amide bonds. The van der Waals surface area contributed by atoms with Crippen molar-refractivity contribution in [1.29, 1.82) is 0 Å². The minimum atomic E-state index is -0.476. The van der Waals surface area contributed by atoms with Crippen molar-refractivity contribution < 1.29 is 19.4 Å². The van der Waals surface area contributed by atoms with Crippen molar-refractivity contribution in [2.24, 2.45) is 0 Å². The molecule has 0 spiro atoms. The van der Waals surface area contributed by atoms with E-state index in [-0.39, 0.29) is 11.4 Å². The van der Waals surface area contributed by atoms with Crippen molar-refractivity contribution in [3.63, 3.8) is 0 Å². The molecule has 1 rings (SSSR count). The highest BCUT2D eigenvalue weighted by atomic mass is 16.5. The van der Waals surface area contributed by atoms with Crippen molar-refractivity contribution in [2.45, 2.75) is 58.7 Å². The second-order valence-corrected chi connectivity index (χ2v) is 6.72. The van der Waals surface area contributed by atoms with Gasteiger partial charge in [0, 0.05) is 30.1 Å². The van der Waals surface area contributed by atoms with E-state index in [0.29, 0.717) is 30.9 Å². The first-order chi connectivity index (χ1) is 10.7. The van der Waals surface area contributed by atoms with Crippen LogP contribution in [0.5, 0.6) is 11.5 Å². The van der Waals surface area contributed by atoms with Gasteiger partial charge in [-0.15, -0.1) is 0 Å². The van der Waals surface area contributed by atoms with Gasteiger partial charge in [0.15, 0.2) is 0 Å². The summed E-state index contributed by atoms with van der Waals surface area (Å²) in [6.45, 7) is 8.16. The third-order valence-electron chi connectivity index (χ3n) is 3.71. The zero-order chi connectivity index (χ0) is 17.6. The topological polar surface area (TPSA) is 59.0 Å². The number of methoxy groups -OCH3 is 2. The molecule has 5 nitrogen and oxygen atoms in total. The second-order valence-electron chi connectivity index (χ2n) is 6.72. The number of aliphatic hydroxyl groups excluding tert-OH is 1. The first-order valence-corrected chi connectivity index (χ1v) is 7.88. The Labute approximate surface area is 139 Å². The van der Waals surface area contributed by atoms with Crippen molar-refractivity contribution >= 4 is 5.91 Å². The number of hydrogen-bond acceptors (Lipinski definition) is 4. The second kappa shape index (κ2) is 8.20. The lowest BCUT2D eigenvalue weighted by Gasteiger charge is -2.36. The predicted octanol–water partition coefficient (Wildman–Crippen LogP) is 2.99. The van der Waals surface area contributed by atoms with Crippen LogP contribution in [0.4, 0.5) is 0 Å². The Bertz CT molecular complexity index is 520. The fraction of sp³-hybridized carbons (Fsp3) is 0.611. The van der Waals surface area contributed by atoms with Gasteiger partial charge in [0.1, 0.15) is 11.5 Å². The number of rotatable bonds is 7. The molecule has 0 saturated carbocycles. The van der Waals surface area contributed by atoms with Gasteiger partial charge in [-0.3, -0.25) is 4.79 Å². The molecule has 1 atom stereocenters. The van der Waals surface area contributed by atoms with E-state index in [1.54, 1.807) is 21.1 Å². The first kappa shape index (κ1) is 19.3. The molecular weight excluding hydrogens is 294 g/mol. The maximum absolute atomic E-state index is 12.6. The minimum Gasteiger partial charge on any atom is -0.497 e. The van der Waals surface area contributed by atoms with Crippen LogP contribution in [0.3, 0.4) is 0 Å². The number of benzene rings is 1. The molecule has 1 N–H and O–H groups in total. The molecule has 1 aromatic carbocycles. The summed E-state index contributed by atoms with van der Waals surface area (Å²) < 4.78 is 10.6. The molecule has 0 aromatic heterocycles. The average Bonchev–Trinajstić information content (AvgIpc) is 2.48. The Morgan fingerprint density at radius 3 is 2.39 bits per heavy atom. The fourth-order valence-electron chi connectivity index (χ4n) is 2.32. The molecule has 23 heavy (non-hydrogen) atoms. The van der Waals surface area contributed by atoms with Crippen LogP contribution < -0.4 is 9.47 Å². The van der Waals surface area contributed by atoms with Gasteiger partial charge in [0.05, 0.1) is 20.3 Å². The summed E-state index contributed by atoms with van der Waals surface area (Å²) in [4.78, 5) is 14.4. The number of carbonyl (C=O) groups excluding carboxylic acids is 1. The normalized spacial score (nSPS) is 12.7. The molecule has 0 aliphatic rings. The molecule has 0 radical (unpaired) electrons. The van der Waals surface area contributed by atoms with Gasteiger partial charge in [-0.2, -0.15) is 0 Å². The molecule has 0 fully saturated rings. The Morgan fingerprint density at radius 1 is 1.26 bits per heavy atom. The average molecular weight is 323 g/mol. The summed E-state index contributed by atoms with van der Waals surface area (Å²) in [7, 11) is 3.21. The molecule has 0 bridgehead atoms. The van der Waals surface area contributed by atoms with Gasteiger partial charge < -0.3 is 19.5 Å². The third kappa shape index (κ3) is 5.75. The fourth-order valence-corrected chi connectivity index (χ4v) is 2.32. The lowest BCUT2D eigenvalue weighted by molar-refractivity contribution is -0.137. The Kier molecular flexibility index (Phi) is 6.88. The van der Waals surface area contributed by atoms with Crippen LogP contribution >= 0.6 is 0 Å². The lowest BCUT2D eigenvalue weighted by atomic mass is 10.0. The largest absolute Gasteiger partial charge is 0.497 e. The summed E-state index contributed by atoms with van der Waals surface area (Å²) >= 11 is 0. The summed E-state index contributed by atoms with van der Waals surface area (Å²) in [6, 6.07) is 5.59. The van der Waals surface area contributed by atoms with Gasteiger partial charge >= 0.3 is 0 Å². The SMILES string of the molecule is COc1ccc(CN(C(=O)CC[C@H](C)O)C(C)(C)C)c(OC)c1. The molecule has 0 heterocycles. The van der Waals surface area contributed by atoms with E-state index < -0.39 is 6.10 Å². The summed E-state index contributed by atoms with van der Waals surface area (Å²) in [6.07, 6.45) is 0.315. The maximum Gasteiger partial charge on any atom is 0.223 e. The van der Waals surface area contributed by atoms with Crippen LogP contribution in [0.1, 0.15) is 46.1 Å².